The Morgan fingerprint density at radius 3 is 1.33 bits per heavy atom. The highest BCUT2D eigenvalue weighted by Crippen LogP contribution is 2.26. The first-order valence-corrected chi connectivity index (χ1v) is 19.7. The average molecular weight is 813 g/mol. The fourth-order valence-electron chi connectivity index (χ4n) is 5.27. The highest BCUT2D eigenvalue weighted by atomic mass is 32.2. The van der Waals surface area contributed by atoms with E-state index in [-0.39, 0.29) is 17.4 Å². The minimum Gasteiger partial charge on any atom is -0.744 e. The van der Waals surface area contributed by atoms with Crippen LogP contribution >= 0.6 is 0 Å². The molecule has 0 heterocycles. The average Bonchev–Trinajstić information content (AvgIpc) is 3.21. The summed E-state index contributed by atoms with van der Waals surface area (Å²) in [6.07, 6.45) is -0.668. The number of nitrogens with zero attached hydrogens (tertiary/aromatic N) is 2. The van der Waals surface area contributed by atoms with Gasteiger partial charge in [0.15, 0.2) is 0 Å². The molecule has 0 spiro atoms. The van der Waals surface area contributed by atoms with E-state index in [9.17, 15) is 27.4 Å². The summed E-state index contributed by atoms with van der Waals surface area (Å²) in [6.45, 7) is 7.78. The zero-order valence-corrected chi connectivity index (χ0v) is 34.4. The van der Waals surface area contributed by atoms with Crippen molar-refractivity contribution in [2.75, 3.05) is 37.1 Å². The number of aryl methyl sites for hydroxylation is 1. The number of hydrogen-bond acceptors (Lipinski definition) is 11. The smallest absolute Gasteiger partial charge is 0.408 e. The van der Waals surface area contributed by atoms with Gasteiger partial charge in [-0.05, 0) is 88.4 Å². The van der Waals surface area contributed by atoms with E-state index in [1.54, 1.807) is 32.9 Å². The van der Waals surface area contributed by atoms with Crippen LogP contribution in [0.4, 0.5) is 27.5 Å². The van der Waals surface area contributed by atoms with Crippen molar-refractivity contribution >= 4 is 50.9 Å². The summed E-state index contributed by atoms with van der Waals surface area (Å²) < 4.78 is 46.1. The van der Waals surface area contributed by atoms with Gasteiger partial charge in [0.1, 0.15) is 21.8 Å². The number of ether oxygens (including phenoxy) is 3. The Labute approximate surface area is 341 Å². The van der Waals surface area contributed by atoms with Crippen molar-refractivity contribution in [3.63, 3.8) is 0 Å². The standard InChI is InChI=1S/C21H26N2O4.C16H18N2O2.C7H8O3S/c1-21(2,3)27-20(25)22-18(19(24)26-4)15-23(16-11-7-5-8-12-16)17-13-9-6-10-14-17;1-20-16(19)15(17)12-18(13-8-4-2-5-9-13)14-10-6-3-7-11-14;1-6-2-4-7(5-3-6)11(8,9)10/h5-14,18H,15H2,1-4H3,(H,22,25);2-11,15H,12,17H2,1H3;2-5H,1H3,(H,8,9,10). The van der Waals surface area contributed by atoms with Crippen LogP contribution < -0.4 is 20.9 Å². The van der Waals surface area contributed by atoms with Crippen LogP contribution in [0.5, 0.6) is 0 Å². The molecule has 0 aromatic heterocycles. The topological polar surface area (TPSA) is 182 Å². The number of carbonyl (C=O) groups excluding carboxylic acids is 3. The molecule has 2 atom stereocenters. The van der Waals surface area contributed by atoms with Crippen LogP contribution in [-0.2, 0) is 33.9 Å². The van der Waals surface area contributed by atoms with E-state index >= 15 is 0 Å². The minimum atomic E-state index is -4.27. The molecule has 13 nitrogen and oxygen atoms in total. The lowest BCUT2D eigenvalue weighted by atomic mass is 10.2. The number of benzene rings is 5. The first kappa shape index (κ1) is 46.2. The molecular formula is C44H52N4O9S. The summed E-state index contributed by atoms with van der Waals surface area (Å²) in [4.78, 5) is 39.9. The molecule has 58 heavy (non-hydrogen) atoms. The molecule has 0 radical (unpaired) electrons. The van der Waals surface area contributed by atoms with Crippen molar-refractivity contribution in [1.82, 2.24) is 5.32 Å². The number of amides is 1. The van der Waals surface area contributed by atoms with Gasteiger partial charge in [-0.1, -0.05) is 90.5 Å². The number of esters is 2. The Hall–Kier alpha value is -6.22. The Morgan fingerprint density at radius 2 is 1.00 bits per heavy atom. The second-order valence-electron chi connectivity index (χ2n) is 13.8. The van der Waals surface area contributed by atoms with Gasteiger partial charge in [-0.3, -0.25) is 0 Å². The third-order valence-electron chi connectivity index (χ3n) is 8.06. The van der Waals surface area contributed by atoms with Crippen molar-refractivity contribution in [1.29, 1.82) is 0 Å². The van der Waals surface area contributed by atoms with Crippen molar-refractivity contribution in [3.8, 4) is 0 Å². The number of carbonyl (C=O) groups is 3. The van der Waals surface area contributed by atoms with Crippen LogP contribution in [0.2, 0.25) is 0 Å². The maximum absolute atomic E-state index is 12.3. The number of nitrogens with one attached hydrogen (secondary N) is 1. The molecular weight excluding hydrogens is 761 g/mol. The molecule has 0 aliphatic rings. The molecule has 1 amide bonds. The summed E-state index contributed by atoms with van der Waals surface area (Å²) in [7, 11) is -1.59. The van der Waals surface area contributed by atoms with E-state index < -0.39 is 39.9 Å². The van der Waals surface area contributed by atoms with Gasteiger partial charge in [-0.2, -0.15) is 0 Å². The number of methoxy groups -OCH3 is 2. The summed E-state index contributed by atoms with van der Waals surface area (Å²) in [5.74, 6) is -0.848. The van der Waals surface area contributed by atoms with E-state index in [1.165, 1.54) is 26.4 Å². The molecule has 5 aromatic carbocycles. The molecule has 0 aliphatic heterocycles. The van der Waals surface area contributed by atoms with Crippen LogP contribution in [0.3, 0.4) is 0 Å². The first-order valence-electron chi connectivity index (χ1n) is 18.3. The number of alkyl carbamates (subject to hydrolysis) is 1. The first-order chi connectivity index (χ1) is 27.5. The second kappa shape index (κ2) is 22.5. The molecule has 5 aromatic rings. The number of rotatable bonds is 12. The molecule has 0 fully saturated rings. The van der Waals surface area contributed by atoms with E-state index in [4.69, 9.17) is 14.2 Å². The molecule has 0 aliphatic carbocycles. The number of quaternary nitrogens is 1. The van der Waals surface area contributed by atoms with E-state index in [0.29, 0.717) is 6.54 Å². The second-order valence-corrected chi connectivity index (χ2v) is 15.2. The molecule has 0 bridgehead atoms. The molecule has 5 rings (SSSR count). The largest absolute Gasteiger partial charge is 0.744 e. The van der Waals surface area contributed by atoms with Crippen LogP contribution in [-0.4, -0.2) is 76.0 Å². The maximum Gasteiger partial charge on any atom is 0.408 e. The zero-order chi connectivity index (χ0) is 42.7. The van der Waals surface area contributed by atoms with Crippen molar-refractivity contribution in [2.45, 2.75) is 50.3 Å². The minimum absolute atomic E-state index is 0.178. The predicted molar refractivity (Wildman–Crippen MR) is 223 cm³/mol. The van der Waals surface area contributed by atoms with Crippen LogP contribution in [0.25, 0.3) is 0 Å². The molecule has 0 saturated heterocycles. The number of anilines is 4. The van der Waals surface area contributed by atoms with Crippen molar-refractivity contribution in [2.24, 2.45) is 0 Å². The Kier molecular flexibility index (Phi) is 17.9. The van der Waals surface area contributed by atoms with Gasteiger partial charge < -0.3 is 39.6 Å². The number of hydrogen-bond donors (Lipinski definition) is 2. The van der Waals surface area contributed by atoms with Gasteiger partial charge in [0.05, 0.1) is 32.2 Å². The van der Waals surface area contributed by atoms with Gasteiger partial charge >= 0.3 is 18.0 Å². The van der Waals surface area contributed by atoms with Crippen molar-refractivity contribution < 1.29 is 47.3 Å². The fraction of sp³-hybridized carbons (Fsp3) is 0.250. The van der Waals surface area contributed by atoms with Crippen LogP contribution in [0.1, 0.15) is 26.3 Å². The third kappa shape index (κ3) is 15.7. The number of para-hydroxylation sites is 4. The molecule has 14 heteroatoms. The van der Waals surface area contributed by atoms with E-state index in [2.05, 4.69) is 16.0 Å². The lowest BCUT2D eigenvalue weighted by Crippen LogP contribution is -2.69. The molecule has 2 unspecified atom stereocenters. The molecule has 4 N–H and O–H groups in total. The quantitative estimate of drug-likeness (QED) is 0.0808. The SMILES string of the molecule is COC(=O)C(CN(c1ccccc1)c1ccccc1)NC(=O)OC(C)(C)C.COC(=O)C([NH3+])CN(c1ccccc1)c1ccccc1.Cc1ccc(S(=O)(=O)[O-])cc1. The van der Waals surface area contributed by atoms with Gasteiger partial charge in [0.25, 0.3) is 0 Å². The van der Waals surface area contributed by atoms with E-state index in [1.807, 2.05) is 133 Å². The van der Waals surface area contributed by atoms with Crippen molar-refractivity contribution in [3.05, 3.63) is 151 Å². The maximum atomic E-state index is 12.3. The lowest BCUT2D eigenvalue weighted by molar-refractivity contribution is -0.404. The lowest BCUT2D eigenvalue weighted by Gasteiger charge is -2.29. The summed E-state index contributed by atoms with van der Waals surface area (Å²) >= 11 is 0. The summed E-state index contributed by atoms with van der Waals surface area (Å²) in [5, 5.41) is 2.62. The van der Waals surface area contributed by atoms with Crippen LogP contribution in [0, 0.1) is 6.92 Å². The fourth-order valence-corrected chi connectivity index (χ4v) is 5.74. The Balaban J connectivity index is 0.000000253. The third-order valence-corrected chi connectivity index (χ3v) is 8.91. The van der Waals surface area contributed by atoms with E-state index in [0.717, 1.165) is 28.3 Å². The van der Waals surface area contributed by atoms with Gasteiger partial charge in [0.2, 0.25) is 6.04 Å². The molecule has 0 saturated carbocycles. The highest BCUT2D eigenvalue weighted by molar-refractivity contribution is 7.85. The van der Waals surface area contributed by atoms with Gasteiger partial charge in [0, 0.05) is 22.7 Å². The normalized spacial score (nSPS) is 11.8. The Morgan fingerprint density at radius 1 is 0.638 bits per heavy atom. The monoisotopic (exact) mass is 812 g/mol. The summed E-state index contributed by atoms with van der Waals surface area (Å²) in [5.41, 5.74) is 7.98. The Bertz CT molecular complexity index is 2020. The highest BCUT2D eigenvalue weighted by Gasteiger charge is 2.28. The predicted octanol–water partition coefficient (Wildman–Crippen LogP) is 6.40. The van der Waals surface area contributed by atoms with Gasteiger partial charge in [-0.25, -0.2) is 22.8 Å². The zero-order valence-electron chi connectivity index (χ0n) is 33.6. The van der Waals surface area contributed by atoms with Crippen LogP contribution in [0.15, 0.2) is 150 Å². The van der Waals surface area contributed by atoms with Gasteiger partial charge in [-0.15, -0.1) is 0 Å². The summed E-state index contributed by atoms with van der Waals surface area (Å²) in [6, 6.07) is 43.6. The molecule has 308 valence electrons.